The predicted octanol–water partition coefficient (Wildman–Crippen LogP) is 2.82. The maximum absolute atomic E-state index is 6.06. The Kier molecular flexibility index (Phi) is 3.50. The molecule has 0 amide bonds. The van der Waals surface area contributed by atoms with Crippen molar-refractivity contribution in [3.8, 4) is 22.7 Å². The second-order valence-corrected chi connectivity index (χ2v) is 8.25. The smallest absolute Gasteiger partial charge is 0.223 e. The fourth-order valence-corrected chi connectivity index (χ4v) is 5.01. The molecular formula is C22H23N5O. The molecule has 0 saturated carbocycles. The number of rotatable bonds is 2. The summed E-state index contributed by atoms with van der Waals surface area (Å²) in [7, 11) is 2.23. The molecule has 2 aromatic heterocycles. The van der Waals surface area contributed by atoms with Crippen LogP contribution in [0.1, 0.15) is 5.56 Å². The van der Waals surface area contributed by atoms with Gasteiger partial charge < -0.3 is 14.5 Å². The van der Waals surface area contributed by atoms with Crippen LogP contribution in [0, 0.1) is 11.8 Å². The van der Waals surface area contributed by atoms with Crippen molar-refractivity contribution in [2.45, 2.75) is 6.61 Å². The van der Waals surface area contributed by atoms with Gasteiger partial charge in [-0.1, -0.05) is 6.07 Å². The van der Waals surface area contributed by atoms with E-state index in [0.29, 0.717) is 6.61 Å². The van der Waals surface area contributed by atoms with E-state index in [0.717, 1.165) is 47.9 Å². The van der Waals surface area contributed by atoms with E-state index in [1.54, 1.807) is 6.20 Å². The van der Waals surface area contributed by atoms with E-state index < -0.39 is 0 Å². The average Bonchev–Trinajstić information content (AvgIpc) is 3.43. The zero-order chi connectivity index (χ0) is 18.7. The molecule has 1 unspecified atom stereocenters. The Bertz CT molecular complexity index is 1020. The van der Waals surface area contributed by atoms with Gasteiger partial charge in [-0.3, -0.25) is 0 Å². The van der Waals surface area contributed by atoms with Crippen molar-refractivity contribution in [2.24, 2.45) is 11.8 Å². The zero-order valence-corrected chi connectivity index (χ0v) is 16.0. The number of likely N-dealkylation sites (tertiary alicyclic amines) is 1. The maximum Gasteiger partial charge on any atom is 0.223 e. The molecule has 3 aromatic rings. The summed E-state index contributed by atoms with van der Waals surface area (Å²) in [6.07, 6.45) is 3.75. The van der Waals surface area contributed by atoms with Crippen LogP contribution in [-0.2, 0) is 6.61 Å². The number of anilines is 1. The largest absolute Gasteiger partial charge is 0.472 e. The summed E-state index contributed by atoms with van der Waals surface area (Å²) >= 11 is 0. The van der Waals surface area contributed by atoms with E-state index in [1.807, 2.05) is 16.9 Å². The molecule has 3 aliphatic rings. The molecule has 142 valence electrons. The number of hydrogen-bond donors (Lipinski definition) is 0. The van der Waals surface area contributed by atoms with Gasteiger partial charge in [0.2, 0.25) is 5.88 Å². The molecule has 6 heteroatoms. The van der Waals surface area contributed by atoms with Crippen LogP contribution in [0.25, 0.3) is 16.8 Å². The predicted molar refractivity (Wildman–Crippen MR) is 108 cm³/mol. The van der Waals surface area contributed by atoms with Crippen molar-refractivity contribution in [3.05, 3.63) is 54.4 Å². The van der Waals surface area contributed by atoms with Crippen molar-refractivity contribution >= 4 is 5.82 Å². The Morgan fingerprint density at radius 2 is 1.82 bits per heavy atom. The molecular weight excluding hydrogens is 350 g/mol. The minimum absolute atomic E-state index is 0.546. The van der Waals surface area contributed by atoms with E-state index in [4.69, 9.17) is 9.72 Å². The van der Waals surface area contributed by atoms with Crippen molar-refractivity contribution in [2.75, 3.05) is 38.1 Å². The van der Waals surface area contributed by atoms with Gasteiger partial charge in [0.15, 0.2) is 0 Å². The molecule has 2 atom stereocenters. The highest BCUT2D eigenvalue weighted by Crippen LogP contribution is 2.40. The van der Waals surface area contributed by atoms with E-state index in [1.165, 1.54) is 24.2 Å². The SMILES string of the molecule is CN1CC2CN(c3ccc4c(n3)OCc3cc(-n5cccn5)ccc3-4)C[C@@H]2C1. The third kappa shape index (κ3) is 2.52. The molecule has 6 rings (SSSR count). The molecule has 2 saturated heterocycles. The number of pyridine rings is 1. The first-order valence-electron chi connectivity index (χ1n) is 9.95. The van der Waals surface area contributed by atoms with Gasteiger partial charge in [-0.2, -0.15) is 10.1 Å². The first-order valence-corrected chi connectivity index (χ1v) is 9.95. The molecule has 5 heterocycles. The highest BCUT2D eigenvalue weighted by Gasteiger charge is 2.39. The van der Waals surface area contributed by atoms with Crippen LogP contribution in [0.2, 0.25) is 0 Å². The van der Waals surface area contributed by atoms with Gasteiger partial charge in [0.25, 0.3) is 0 Å². The van der Waals surface area contributed by atoms with E-state index in [-0.39, 0.29) is 0 Å². The van der Waals surface area contributed by atoms with Gasteiger partial charge in [-0.25, -0.2) is 4.68 Å². The Morgan fingerprint density at radius 3 is 2.61 bits per heavy atom. The summed E-state index contributed by atoms with van der Waals surface area (Å²) in [4.78, 5) is 9.77. The average molecular weight is 373 g/mol. The molecule has 0 radical (unpaired) electrons. The van der Waals surface area contributed by atoms with Gasteiger partial charge in [0, 0.05) is 44.1 Å². The lowest BCUT2D eigenvalue weighted by molar-refractivity contribution is 0.290. The van der Waals surface area contributed by atoms with Gasteiger partial charge in [0.1, 0.15) is 12.4 Å². The molecule has 0 spiro atoms. The van der Waals surface area contributed by atoms with Gasteiger partial charge in [-0.05, 0) is 60.3 Å². The Balaban J connectivity index is 1.29. The summed E-state index contributed by atoms with van der Waals surface area (Å²) < 4.78 is 7.93. The fourth-order valence-electron chi connectivity index (χ4n) is 5.01. The molecule has 0 bridgehead atoms. The highest BCUT2D eigenvalue weighted by molar-refractivity contribution is 5.75. The fraction of sp³-hybridized carbons (Fsp3) is 0.364. The van der Waals surface area contributed by atoms with Crippen molar-refractivity contribution in [3.63, 3.8) is 0 Å². The number of aromatic nitrogens is 3. The number of fused-ring (bicyclic) bond motifs is 4. The molecule has 28 heavy (non-hydrogen) atoms. The van der Waals surface area contributed by atoms with Crippen LogP contribution in [0.15, 0.2) is 48.8 Å². The number of benzene rings is 1. The van der Waals surface area contributed by atoms with Gasteiger partial charge in [-0.15, -0.1) is 0 Å². The zero-order valence-electron chi connectivity index (χ0n) is 16.0. The van der Waals surface area contributed by atoms with E-state index >= 15 is 0 Å². The normalized spacial score (nSPS) is 23.2. The maximum atomic E-state index is 6.06. The van der Waals surface area contributed by atoms with Crippen molar-refractivity contribution in [1.82, 2.24) is 19.7 Å². The summed E-state index contributed by atoms with van der Waals surface area (Å²) in [6, 6.07) is 12.7. The second-order valence-electron chi connectivity index (χ2n) is 8.25. The lowest BCUT2D eigenvalue weighted by atomic mass is 9.98. The summed E-state index contributed by atoms with van der Waals surface area (Å²) in [5.74, 6) is 3.34. The third-order valence-corrected chi connectivity index (χ3v) is 6.35. The molecule has 1 aromatic carbocycles. The number of hydrogen-bond acceptors (Lipinski definition) is 5. The quantitative estimate of drug-likeness (QED) is 0.691. The van der Waals surface area contributed by atoms with Crippen LogP contribution in [0.4, 0.5) is 5.82 Å². The van der Waals surface area contributed by atoms with Crippen LogP contribution in [0.5, 0.6) is 5.88 Å². The Morgan fingerprint density at radius 1 is 1.00 bits per heavy atom. The molecule has 0 N–H and O–H groups in total. The molecule has 0 aliphatic carbocycles. The lowest BCUT2D eigenvalue weighted by Crippen LogP contribution is -2.27. The van der Waals surface area contributed by atoms with E-state index in [2.05, 4.69) is 52.3 Å². The van der Waals surface area contributed by atoms with E-state index in [9.17, 15) is 0 Å². The minimum Gasteiger partial charge on any atom is -0.472 e. The summed E-state index contributed by atoms with van der Waals surface area (Å²) in [5, 5.41) is 4.32. The first-order chi connectivity index (χ1) is 13.7. The number of ether oxygens (including phenoxy) is 1. The van der Waals surface area contributed by atoms with Crippen molar-refractivity contribution < 1.29 is 4.74 Å². The van der Waals surface area contributed by atoms with Crippen LogP contribution in [-0.4, -0.2) is 52.9 Å². The monoisotopic (exact) mass is 373 g/mol. The second kappa shape index (κ2) is 6.07. The first kappa shape index (κ1) is 16.1. The molecule has 2 fully saturated rings. The summed E-state index contributed by atoms with van der Waals surface area (Å²) in [6.45, 7) is 5.16. The minimum atomic E-state index is 0.546. The Hall–Kier alpha value is -2.86. The van der Waals surface area contributed by atoms with Gasteiger partial charge >= 0.3 is 0 Å². The Labute approximate surface area is 164 Å². The number of nitrogens with zero attached hydrogens (tertiary/aromatic N) is 5. The lowest BCUT2D eigenvalue weighted by Gasteiger charge is -2.24. The standard InChI is InChI=1S/C22H23N5O/c1-25-10-16-12-26(13-17(16)11-25)21-6-5-20-19-4-3-18(27-8-2-7-23-27)9-15(19)14-28-22(20)24-21/h2-9,16-17H,10-14H2,1H3/t16-,17?/m0/s1. The third-order valence-electron chi connectivity index (χ3n) is 6.35. The van der Waals surface area contributed by atoms with Crippen molar-refractivity contribution in [1.29, 1.82) is 0 Å². The molecule has 3 aliphatic heterocycles. The van der Waals surface area contributed by atoms with Crippen LogP contribution < -0.4 is 9.64 Å². The highest BCUT2D eigenvalue weighted by atomic mass is 16.5. The summed E-state index contributed by atoms with van der Waals surface area (Å²) in [5.41, 5.74) is 4.51. The van der Waals surface area contributed by atoms with Crippen LogP contribution in [0.3, 0.4) is 0 Å². The van der Waals surface area contributed by atoms with Gasteiger partial charge in [0.05, 0.1) is 5.69 Å². The topological polar surface area (TPSA) is 46.4 Å². The molecule has 6 nitrogen and oxygen atoms in total. The van der Waals surface area contributed by atoms with Crippen LogP contribution >= 0.6 is 0 Å².